The molecule has 1 aliphatic heterocycles. The quantitative estimate of drug-likeness (QED) is 0.124. The van der Waals surface area contributed by atoms with Crippen LogP contribution >= 0.6 is 0 Å². The van der Waals surface area contributed by atoms with Crippen molar-refractivity contribution in [1.82, 2.24) is 10.6 Å². The first-order valence-corrected chi connectivity index (χ1v) is 18.7. The molecule has 6 unspecified atom stereocenters. The summed E-state index contributed by atoms with van der Waals surface area (Å²) in [5.41, 5.74) is 1.83. The second-order valence-electron chi connectivity index (χ2n) is 15.4. The highest BCUT2D eigenvalue weighted by atomic mass is 19.4. The lowest BCUT2D eigenvalue weighted by Crippen LogP contribution is -2.55. The first-order valence-electron chi connectivity index (χ1n) is 18.7. The fraction of sp³-hybridized carbons (Fsp3) is 0.488. The first kappa shape index (κ1) is 44.0. The molecule has 1 saturated heterocycles. The first-order chi connectivity index (χ1) is 27.2. The fourth-order valence-electron chi connectivity index (χ4n) is 6.79. The van der Waals surface area contributed by atoms with E-state index < -0.39 is 97.0 Å². The minimum absolute atomic E-state index is 0.0290. The molecule has 5 rings (SSSR count). The molecule has 17 heteroatoms. The van der Waals surface area contributed by atoms with E-state index >= 15 is 0 Å². The summed E-state index contributed by atoms with van der Waals surface area (Å²) < 4.78 is 65.4. The summed E-state index contributed by atoms with van der Waals surface area (Å²) in [6.07, 6.45) is -4.72. The number of fused-ring (bicyclic) bond motifs is 2. The van der Waals surface area contributed by atoms with Crippen LogP contribution in [0.15, 0.2) is 66.3 Å². The average molecular weight is 817 g/mol. The summed E-state index contributed by atoms with van der Waals surface area (Å²) in [7, 11) is 0. The zero-order valence-electron chi connectivity index (χ0n) is 32.4. The number of ether oxygens (including phenoxy) is 5. The highest BCUT2D eigenvalue weighted by Crippen LogP contribution is 2.45. The summed E-state index contributed by atoms with van der Waals surface area (Å²) in [6, 6.07) is 11.0. The maximum Gasteiger partial charge on any atom is 0.422 e. The van der Waals surface area contributed by atoms with Gasteiger partial charge in [-0.25, -0.2) is 9.59 Å². The zero-order chi connectivity index (χ0) is 42.4. The second kappa shape index (κ2) is 18.2. The molecule has 2 aromatic carbocycles. The van der Waals surface area contributed by atoms with E-state index in [2.05, 4.69) is 15.4 Å². The molecule has 58 heavy (non-hydrogen) atoms. The fourth-order valence-corrected chi connectivity index (χ4v) is 6.79. The van der Waals surface area contributed by atoms with Gasteiger partial charge >= 0.3 is 24.1 Å². The van der Waals surface area contributed by atoms with Crippen LogP contribution in [-0.2, 0) is 55.7 Å². The van der Waals surface area contributed by atoms with Gasteiger partial charge in [-0.1, -0.05) is 36.4 Å². The van der Waals surface area contributed by atoms with Crippen molar-refractivity contribution in [2.24, 2.45) is 0 Å². The summed E-state index contributed by atoms with van der Waals surface area (Å²) in [5, 5.41) is 25.5. The van der Waals surface area contributed by atoms with E-state index in [-0.39, 0.29) is 30.4 Å². The number of aliphatic hydroxyl groups excluding tert-OH is 2. The third kappa shape index (κ3) is 12.0. The van der Waals surface area contributed by atoms with Gasteiger partial charge in [-0.15, -0.1) is 0 Å². The Morgan fingerprint density at radius 1 is 0.983 bits per heavy atom. The molecular formula is C41H47F3N2O12. The van der Waals surface area contributed by atoms with E-state index in [1.165, 1.54) is 43.3 Å². The Bertz CT molecular complexity index is 1880. The Labute approximate surface area is 332 Å². The number of carbonyl (C=O) groups is 5. The number of carbonyl (C=O) groups excluding carboxylic acids is 5. The normalized spacial score (nSPS) is 21.3. The zero-order valence-corrected chi connectivity index (χ0v) is 32.4. The van der Waals surface area contributed by atoms with Gasteiger partial charge in [0.2, 0.25) is 11.8 Å². The number of benzene rings is 2. The molecule has 2 aromatic rings. The minimum Gasteiger partial charge on any atom is -0.460 e. The maximum atomic E-state index is 13.8. The smallest absolute Gasteiger partial charge is 0.422 e. The molecule has 0 bridgehead atoms. The number of rotatable bonds is 14. The molecule has 2 amide bonds. The molecule has 3 aliphatic rings. The van der Waals surface area contributed by atoms with Crippen LogP contribution in [0.25, 0.3) is 6.08 Å². The lowest BCUT2D eigenvalue weighted by molar-refractivity contribution is -0.182. The van der Waals surface area contributed by atoms with Gasteiger partial charge in [-0.3, -0.25) is 14.4 Å². The number of alkyl halides is 3. The minimum atomic E-state index is -4.67. The van der Waals surface area contributed by atoms with Gasteiger partial charge in [0, 0.05) is 37.3 Å². The van der Waals surface area contributed by atoms with Crippen LogP contribution in [0, 0.1) is 0 Å². The molecule has 1 spiro atoms. The molecule has 314 valence electrons. The van der Waals surface area contributed by atoms with E-state index in [1.54, 1.807) is 20.8 Å². The Hall–Kier alpha value is -5.10. The highest BCUT2D eigenvalue weighted by molar-refractivity contribution is 5.98. The summed E-state index contributed by atoms with van der Waals surface area (Å²) in [5.74, 6) is -5.22. The van der Waals surface area contributed by atoms with Crippen LogP contribution in [-0.4, -0.2) is 107 Å². The second-order valence-corrected chi connectivity index (χ2v) is 15.4. The monoisotopic (exact) mass is 816 g/mol. The number of esters is 3. The van der Waals surface area contributed by atoms with Crippen LogP contribution < -0.4 is 10.6 Å². The molecule has 1 heterocycles. The van der Waals surface area contributed by atoms with E-state index in [4.69, 9.17) is 18.9 Å². The third-order valence-electron chi connectivity index (χ3n) is 9.44. The Kier molecular flexibility index (Phi) is 13.8. The van der Waals surface area contributed by atoms with E-state index in [0.29, 0.717) is 18.4 Å². The van der Waals surface area contributed by atoms with Gasteiger partial charge in [0.25, 0.3) is 0 Å². The maximum absolute atomic E-state index is 13.8. The SMILES string of the molecule is CC(O)C(NC(=O)C1=CC2OC3(Cc4ccccc4C3)OC2C(OC(=O)c2ccc(C=CC(=O)OCC(F)(F)F)cc2)C1)C(=O)NC(CO)CCC(=O)OC(C)(C)C. The van der Waals surface area contributed by atoms with Crippen molar-refractivity contribution < 1.29 is 71.0 Å². The lowest BCUT2D eigenvalue weighted by atomic mass is 9.91. The number of hydrogen-bond acceptors (Lipinski definition) is 12. The summed E-state index contributed by atoms with van der Waals surface area (Å²) >= 11 is 0. The molecular weight excluding hydrogens is 769 g/mol. The van der Waals surface area contributed by atoms with Crippen LogP contribution in [0.3, 0.4) is 0 Å². The standard InChI is InChI=1S/C41H47F3N2O12/c1-23(48)34(37(52)45-29(21-47)14-16-33(50)57-39(2,3)4)46-36(51)28-17-30(35-31(18-28)56-40(58-35)19-26-7-5-6-8-27(26)20-40)55-38(53)25-12-9-24(10-13-25)11-15-32(49)54-22-41(42,43)44/h5-13,15,18,23,29-31,34-35,47-48H,14,16-17,19-22H2,1-4H3,(H,45,52)(H,46,51). The topological polar surface area (TPSA) is 196 Å². The van der Waals surface area contributed by atoms with Gasteiger partial charge in [-0.05, 0) is 75.1 Å². The van der Waals surface area contributed by atoms with Crippen molar-refractivity contribution >= 4 is 35.8 Å². The number of amides is 2. The number of nitrogens with one attached hydrogen (secondary N) is 2. The van der Waals surface area contributed by atoms with Crippen molar-refractivity contribution in [3.63, 3.8) is 0 Å². The van der Waals surface area contributed by atoms with Gasteiger partial charge in [0.1, 0.15) is 30.0 Å². The number of aliphatic hydroxyl groups is 2. The van der Waals surface area contributed by atoms with Gasteiger partial charge in [0.05, 0.1) is 24.3 Å². The predicted octanol–water partition coefficient (Wildman–Crippen LogP) is 3.40. The lowest BCUT2D eigenvalue weighted by Gasteiger charge is -2.31. The number of hydrogen-bond donors (Lipinski definition) is 4. The van der Waals surface area contributed by atoms with Crippen molar-refractivity contribution in [3.8, 4) is 0 Å². The highest BCUT2D eigenvalue weighted by Gasteiger charge is 2.55. The molecule has 2 aliphatic carbocycles. The predicted molar refractivity (Wildman–Crippen MR) is 198 cm³/mol. The summed E-state index contributed by atoms with van der Waals surface area (Å²) in [6.45, 7) is 4.16. The van der Waals surface area contributed by atoms with E-state index in [0.717, 1.165) is 17.2 Å². The summed E-state index contributed by atoms with van der Waals surface area (Å²) in [4.78, 5) is 64.5. The van der Waals surface area contributed by atoms with Crippen molar-refractivity contribution in [1.29, 1.82) is 0 Å². The molecule has 0 radical (unpaired) electrons. The van der Waals surface area contributed by atoms with Gasteiger partial charge in [0.15, 0.2) is 12.4 Å². The Morgan fingerprint density at radius 2 is 1.64 bits per heavy atom. The Balaban J connectivity index is 1.29. The van der Waals surface area contributed by atoms with Gasteiger partial charge in [-0.2, -0.15) is 13.2 Å². The van der Waals surface area contributed by atoms with Crippen molar-refractivity contribution in [2.75, 3.05) is 13.2 Å². The van der Waals surface area contributed by atoms with E-state index in [1.807, 2.05) is 24.3 Å². The molecule has 0 saturated carbocycles. The van der Waals surface area contributed by atoms with Gasteiger partial charge < -0.3 is 44.5 Å². The third-order valence-corrected chi connectivity index (χ3v) is 9.44. The van der Waals surface area contributed by atoms with Crippen LogP contribution in [0.2, 0.25) is 0 Å². The van der Waals surface area contributed by atoms with Crippen molar-refractivity contribution in [3.05, 3.63) is 88.5 Å². The van der Waals surface area contributed by atoms with Crippen LogP contribution in [0.1, 0.15) is 74.0 Å². The number of halogens is 3. The Morgan fingerprint density at radius 3 is 2.22 bits per heavy atom. The van der Waals surface area contributed by atoms with E-state index in [9.17, 15) is 47.4 Å². The van der Waals surface area contributed by atoms with Crippen LogP contribution in [0.5, 0.6) is 0 Å². The molecule has 6 atom stereocenters. The van der Waals surface area contributed by atoms with Crippen LogP contribution in [0.4, 0.5) is 13.2 Å². The largest absolute Gasteiger partial charge is 0.460 e. The molecule has 1 fully saturated rings. The molecule has 4 N–H and O–H groups in total. The molecule has 0 aromatic heterocycles. The molecule has 14 nitrogen and oxygen atoms in total. The average Bonchev–Trinajstić information content (AvgIpc) is 3.70. The van der Waals surface area contributed by atoms with Crippen molar-refractivity contribution in [2.45, 2.75) is 114 Å².